The summed E-state index contributed by atoms with van der Waals surface area (Å²) in [6.45, 7) is 5.25. The Balaban J connectivity index is 1.40. The van der Waals surface area contributed by atoms with Gasteiger partial charge < -0.3 is 9.80 Å². The third-order valence-electron chi connectivity index (χ3n) is 6.84. The van der Waals surface area contributed by atoms with E-state index in [1.54, 1.807) is 4.90 Å². The van der Waals surface area contributed by atoms with Gasteiger partial charge in [0.2, 0.25) is 5.95 Å². The third-order valence-corrected chi connectivity index (χ3v) is 6.84. The fourth-order valence-electron chi connectivity index (χ4n) is 5.01. The zero-order chi connectivity index (χ0) is 25.7. The molecule has 0 radical (unpaired) electrons. The van der Waals surface area contributed by atoms with Crippen molar-refractivity contribution in [3.8, 4) is 11.4 Å². The average Bonchev–Trinajstić information content (AvgIpc) is 3.33. The summed E-state index contributed by atoms with van der Waals surface area (Å²) in [6.07, 6.45) is 0. The molecule has 1 amide bonds. The summed E-state index contributed by atoms with van der Waals surface area (Å²) in [5.74, 6) is -0.652. The van der Waals surface area contributed by atoms with Crippen molar-refractivity contribution in [2.24, 2.45) is 0 Å². The molecule has 1 aliphatic rings. The first-order valence-electron chi connectivity index (χ1n) is 12.1. The lowest BCUT2D eigenvalue weighted by Crippen LogP contribution is -2.54. The van der Waals surface area contributed by atoms with E-state index in [0.717, 1.165) is 34.2 Å². The zero-order valence-electron chi connectivity index (χ0n) is 20.4. The first-order valence-corrected chi connectivity index (χ1v) is 12.1. The molecule has 186 valence electrons. The zero-order valence-corrected chi connectivity index (χ0v) is 20.4. The van der Waals surface area contributed by atoms with Gasteiger partial charge in [-0.05, 0) is 44.2 Å². The Hall–Kier alpha value is -4.40. The Bertz CT molecular complexity index is 1670. The van der Waals surface area contributed by atoms with Crippen LogP contribution in [0.25, 0.3) is 27.9 Å². The van der Waals surface area contributed by atoms with Gasteiger partial charge in [-0.2, -0.15) is 0 Å². The number of piperazine rings is 1. The maximum Gasteiger partial charge on any atom is 0.257 e. The highest BCUT2D eigenvalue weighted by atomic mass is 19.1. The second-order valence-electron chi connectivity index (χ2n) is 9.40. The Morgan fingerprint density at radius 2 is 1.81 bits per heavy atom. The number of carbonyl (C=O) groups excluding carboxylic acids is 1. The summed E-state index contributed by atoms with van der Waals surface area (Å²) in [4.78, 5) is 21.8. The van der Waals surface area contributed by atoms with Gasteiger partial charge in [-0.1, -0.05) is 35.9 Å². The van der Waals surface area contributed by atoms with E-state index in [-0.39, 0.29) is 11.6 Å². The summed E-state index contributed by atoms with van der Waals surface area (Å²) in [7, 11) is 0. The molecule has 37 heavy (non-hydrogen) atoms. The fraction of sp³-hybridized carbons (Fsp3) is 0.214. The number of hydrogen-bond acceptors (Lipinski definition) is 5. The average molecular weight is 499 g/mol. The SMILES string of the molecule is Cc1cccc(-c2nnc3c4ccccc4nc(N4CCN(C(=O)c5ccc(F)cc5F)C(C)C4)n23)c1. The maximum atomic E-state index is 14.3. The van der Waals surface area contributed by atoms with E-state index in [1.807, 2.05) is 60.7 Å². The fourth-order valence-corrected chi connectivity index (χ4v) is 5.01. The molecule has 0 spiro atoms. The molecule has 1 unspecified atom stereocenters. The van der Waals surface area contributed by atoms with Crippen LogP contribution < -0.4 is 4.90 Å². The van der Waals surface area contributed by atoms with E-state index in [9.17, 15) is 13.6 Å². The van der Waals surface area contributed by atoms with Gasteiger partial charge in [0.05, 0.1) is 11.1 Å². The van der Waals surface area contributed by atoms with Gasteiger partial charge in [0.15, 0.2) is 11.5 Å². The van der Waals surface area contributed by atoms with Gasteiger partial charge in [-0.3, -0.25) is 4.79 Å². The van der Waals surface area contributed by atoms with Crippen molar-refractivity contribution in [2.45, 2.75) is 19.9 Å². The molecule has 5 aromatic rings. The number of anilines is 1. The van der Waals surface area contributed by atoms with Crippen molar-refractivity contribution in [1.29, 1.82) is 0 Å². The molecule has 7 nitrogen and oxygen atoms in total. The molecule has 0 N–H and O–H groups in total. The quantitative estimate of drug-likeness (QED) is 0.355. The number of nitrogens with zero attached hydrogens (tertiary/aromatic N) is 6. The second-order valence-corrected chi connectivity index (χ2v) is 9.40. The summed E-state index contributed by atoms with van der Waals surface area (Å²) in [6, 6.07) is 18.7. The predicted molar refractivity (Wildman–Crippen MR) is 138 cm³/mol. The van der Waals surface area contributed by atoms with Crippen LogP contribution in [0.3, 0.4) is 0 Å². The van der Waals surface area contributed by atoms with E-state index in [4.69, 9.17) is 4.98 Å². The minimum Gasteiger partial charge on any atom is -0.338 e. The maximum absolute atomic E-state index is 14.3. The first kappa shape index (κ1) is 23.0. The topological polar surface area (TPSA) is 66.6 Å². The van der Waals surface area contributed by atoms with Gasteiger partial charge in [0.25, 0.3) is 5.91 Å². The molecule has 0 aliphatic carbocycles. The van der Waals surface area contributed by atoms with Gasteiger partial charge in [0, 0.05) is 42.7 Å². The Morgan fingerprint density at radius 3 is 2.59 bits per heavy atom. The van der Waals surface area contributed by atoms with Gasteiger partial charge >= 0.3 is 0 Å². The van der Waals surface area contributed by atoms with Crippen molar-refractivity contribution in [1.82, 2.24) is 24.5 Å². The Labute approximate surface area is 212 Å². The molecule has 2 aromatic heterocycles. The lowest BCUT2D eigenvalue weighted by atomic mass is 10.1. The van der Waals surface area contributed by atoms with Crippen molar-refractivity contribution in [2.75, 3.05) is 24.5 Å². The molecular formula is C28H24F2N6O. The van der Waals surface area contributed by atoms with Crippen molar-refractivity contribution in [3.63, 3.8) is 0 Å². The number of para-hydroxylation sites is 1. The monoisotopic (exact) mass is 498 g/mol. The molecule has 0 saturated carbocycles. The van der Waals surface area contributed by atoms with Crippen molar-refractivity contribution < 1.29 is 13.6 Å². The van der Waals surface area contributed by atoms with E-state index >= 15 is 0 Å². The number of hydrogen-bond donors (Lipinski definition) is 0. The number of fused-ring (bicyclic) bond motifs is 3. The van der Waals surface area contributed by atoms with E-state index in [1.165, 1.54) is 6.07 Å². The first-order chi connectivity index (χ1) is 17.9. The van der Waals surface area contributed by atoms with Crippen LogP contribution in [0.5, 0.6) is 0 Å². The number of carbonyl (C=O) groups is 1. The largest absolute Gasteiger partial charge is 0.338 e. The van der Waals surface area contributed by atoms with Crippen LogP contribution in [-0.2, 0) is 0 Å². The number of amides is 1. The summed E-state index contributed by atoms with van der Waals surface area (Å²) < 4.78 is 29.7. The standard InChI is InChI=1S/C28H24F2N6O/c1-17-6-5-7-19(14-17)25-32-33-26-22-8-3-4-9-24(22)31-28(36(25)26)34-12-13-35(18(2)16-34)27(37)21-11-10-20(29)15-23(21)30/h3-11,14-15,18H,12-13,16H2,1-2H3. The predicted octanol–water partition coefficient (Wildman–Crippen LogP) is 4.88. The Kier molecular flexibility index (Phi) is 5.55. The van der Waals surface area contributed by atoms with Crippen LogP contribution in [0.15, 0.2) is 66.7 Å². The van der Waals surface area contributed by atoms with Crippen LogP contribution in [0.2, 0.25) is 0 Å². The summed E-state index contributed by atoms with van der Waals surface area (Å²) in [5.41, 5.74) is 3.41. The second kappa shape index (κ2) is 8.92. The number of rotatable bonds is 3. The summed E-state index contributed by atoms with van der Waals surface area (Å²) >= 11 is 0. The lowest BCUT2D eigenvalue weighted by molar-refractivity contribution is 0.0668. The highest BCUT2D eigenvalue weighted by Crippen LogP contribution is 2.30. The van der Waals surface area contributed by atoms with Crippen LogP contribution in [0.4, 0.5) is 14.7 Å². The van der Waals surface area contributed by atoms with E-state index in [0.29, 0.717) is 37.1 Å². The molecular weight excluding hydrogens is 474 g/mol. The highest BCUT2D eigenvalue weighted by Gasteiger charge is 2.32. The third kappa shape index (κ3) is 3.96. The van der Waals surface area contributed by atoms with E-state index in [2.05, 4.69) is 21.2 Å². The molecule has 3 aromatic carbocycles. The smallest absolute Gasteiger partial charge is 0.257 e. The van der Waals surface area contributed by atoms with E-state index < -0.39 is 17.5 Å². The van der Waals surface area contributed by atoms with Gasteiger partial charge in [0.1, 0.15) is 11.6 Å². The molecule has 1 fully saturated rings. The van der Waals surface area contributed by atoms with Crippen LogP contribution in [0.1, 0.15) is 22.8 Å². The Morgan fingerprint density at radius 1 is 0.973 bits per heavy atom. The number of aromatic nitrogens is 4. The minimum absolute atomic E-state index is 0.131. The number of aryl methyl sites for hydroxylation is 1. The van der Waals surface area contributed by atoms with Gasteiger partial charge in [-0.15, -0.1) is 10.2 Å². The highest BCUT2D eigenvalue weighted by molar-refractivity contribution is 5.95. The molecule has 9 heteroatoms. The lowest BCUT2D eigenvalue weighted by Gasteiger charge is -2.40. The molecule has 3 heterocycles. The molecule has 1 atom stereocenters. The van der Waals surface area contributed by atoms with Crippen LogP contribution in [0, 0.1) is 18.6 Å². The number of benzene rings is 3. The van der Waals surface area contributed by atoms with Crippen molar-refractivity contribution >= 4 is 28.4 Å². The van der Waals surface area contributed by atoms with Crippen molar-refractivity contribution in [3.05, 3.63) is 89.5 Å². The van der Waals surface area contributed by atoms with Crippen LogP contribution in [-0.4, -0.2) is 56.1 Å². The molecule has 1 aliphatic heterocycles. The normalized spacial score (nSPS) is 16.1. The molecule has 0 bridgehead atoms. The van der Waals surface area contributed by atoms with Gasteiger partial charge in [-0.25, -0.2) is 18.2 Å². The summed E-state index contributed by atoms with van der Waals surface area (Å²) in [5, 5.41) is 9.97. The molecule has 1 saturated heterocycles. The number of halogens is 2. The minimum atomic E-state index is -0.857. The van der Waals surface area contributed by atoms with Crippen LogP contribution >= 0.6 is 0 Å². The molecule has 6 rings (SSSR count).